The molecule has 5 heteroatoms. The van der Waals surface area contributed by atoms with Gasteiger partial charge in [0, 0.05) is 17.5 Å². The fraction of sp³-hybridized carbons (Fsp3) is 0.692. The predicted octanol–water partition coefficient (Wildman–Crippen LogP) is 1.20. The molecule has 4 nitrogen and oxygen atoms in total. The molecule has 18 heavy (non-hydrogen) atoms. The van der Waals surface area contributed by atoms with Crippen molar-refractivity contribution >= 4 is 11.3 Å². The van der Waals surface area contributed by atoms with Crippen LogP contribution in [0, 0.1) is 6.92 Å². The first-order valence-electron chi connectivity index (χ1n) is 6.52. The van der Waals surface area contributed by atoms with Crippen LogP contribution in [-0.4, -0.2) is 49.6 Å². The Bertz CT molecular complexity index is 379. The molecule has 0 bridgehead atoms. The van der Waals surface area contributed by atoms with E-state index in [9.17, 15) is 0 Å². The van der Waals surface area contributed by atoms with Crippen LogP contribution in [0.5, 0.6) is 0 Å². The zero-order valence-corrected chi connectivity index (χ0v) is 12.3. The standard InChI is InChI=1S/C13H24N4S/c1-10-5-8-18-13(10)12(15-14)11-9-16(2)6-4-7-17(11)3/h5,8,11-12,15H,4,6-7,9,14H2,1-3H3. The van der Waals surface area contributed by atoms with Crippen molar-refractivity contribution in [2.24, 2.45) is 5.84 Å². The molecule has 102 valence electrons. The van der Waals surface area contributed by atoms with Crippen LogP contribution >= 0.6 is 11.3 Å². The van der Waals surface area contributed by atoms with Crippen molar-refractivity contribution in [1.82, 2.24) is 15.2 Å². The molecule has 0 spiro atoms. The van der Waals surface area contributed by atoms with Gasteiger partial charge in [0.2, 0.25) is 0 Å². The quantitative estimate of drug-likeness (QED) is 0.639. The summed E-state index contributed by atoms with van der Waals surface area (Å²) in [6.45, 7) is 5.53. The van der Waals surface area contributed by atoms with Crippen LogP contribution in [0.1, 0.15) is 22.9 Å². The number of hydrogen-bond acceptors (Lipinski definition) is 5. The van der Waals surface area contributed by atoms with E-state index in [1.807, 2.05) is 0 Å². The number of likely N-dealkylation sites (N-methyl/N-ethyl adjacent to an activating group) is 2. The van der Waals surface area contributed by atoms with Crippen molar-refractivity contribution in [3.05, 3.63) is 21.9 Å². The summed E-state index contributed by atoms with van der Waals surface area (Å²) in [5.41, 5.74) is 4.37. The molecule has 2 heterocycles. The van der Waals surface area contributed by atoms with Gasteiger partial charge in [0.05, 0.1) is 6.04 Å². The number of rotatable bonds is 3. The Morgan fingerprint density at radius 1 is 1.44 bits per heavy atom. The highest BCUT2D eigenvalue weighted by Crippen LogP contribution is 2.29. The van der Waals surface area contributed by atoms with Gasteiger partial charge < -0.3 is 9.80 Å². The van der Waals surface area contributed by atoms with Crippen molar-refractivity contribution in [3.8, 4) is 0 Å². The number of nitrogens with one attached hydrogen (secondary N) is 1. The third kappa shape index (κ3) is 2.92. The van der Waals surface area contributed by atoms with Crippen molar-refractivity contribution in [3.63, 3.8) is 0 Å². The van der Waals surface area contributed by atoms with Crippen molar-refractivity contribution in [2.75, 3.05) is 33.7 Å². The Balaban J connectivity index is 2.22. The van der Waals surface area contributed by atoms with Gasteiger partial charge in [-0.05, 0) is 57.5 Å². The van der Waals surface area contributed by atoms with E-state index in [-0.39, 0.29) is 6.04 Å². The fourth-order valence-corrected chi connectivity index (χ4v) is 3.77. The van der Waals surface area contributed by atoms with E-state index in [1.165, 1.54) is 23.4 Å². The summed E-state index contributed by atoms with van der Waals surface area (Å²) in [4.78, 5) is 6.21. The van der Waals surface area contributed by atoms with Crippen LogP contribution in [-0.2, 0) is 0 Å². The summed E-state index contributed by atoms with van der Waals surface area (Å²) in [6, 6.07) is 2.82. The molecule has 0 saturated carbocycles. The second-order valence-corrected chi connectivity index (χ2v) is 6.22. The van der Waals surface area contributed by atoms with Gasteiger partial charge in [0.25, 0.3) is 0 Å². The highest BCUT2D eigenvalue weighted by atomic mass is 32.1. The van der Waals surface area contributed by atoms with Crippen LogP contribution in [0.3, 0.4) is 0 Å². The normalized spacial score (nSPS) is 25.0. The van der Waals surface area contributed by atoms with Gasteiger partial charge in [-0.25, -0.2) is 0 Å². The highest BCUT2D eigenvalue weighted by Gasteiger charge is 2.30. The minimum atomic E-state index is 0.218. The Morgan fingerprint density at radius 3 is 2.83 bits per heavy atom. The van der Waals surface area contributed by atoms with Crippen molar-refractivity contribution in [1.29, 1.82) is 0 Å². The minimum Gasteiger partial charge on any atom is -0.305 e. The number of nitrogens with two attached hydrogens (primary N) is 1. The van der Waals surface area contributed by atoms with Gasteiger partial charge >= 0.3 is 0 Å². The Hall–Kier alpha value is -0.460. The maximum atomic E-state index is 5.83. The van der Waals surface area contributed by atoms with E-state index in [1.54, 1.807) is 11.3 Å². The number of thiophene rings is 1. The van der Waals surface area contributed by atoms with E-state index in [0.29, 0.717) is 6.04 Å². The molecule has 0 amide bonds. The number of aryl methyl sites for hydroxylation is 1. The van der Waals surface area contributed by atoms with Crippen LogP contribution in [0.25, 0.3) is 0 Å². The summed E-state index contributed by atoms with van der Waals surface area (Å²) >= 11 is 1.80. The second-order valence-electron chi connectivity index (χ2n) is 5.28. The third-order valence-corrected chi connectivity index (χ3v) is 4.97. The smallest absolute Gasteiger partial charge is 0.0723 e. The molecule has 0 aromatic carbocycles. The SMILES string of the molecule is Cc1ccsc1C(NN)C1CN(C)CCCN1C. The minimum absolute atomic E-state index is 0.218. The Labute approximate surface area is 114 Å². The van der Waals surface area contributed by atoms with Gasteiger partial charge in [-0.3, -0.25) is 11.3 Å². The lowest BCUT2D eigenvalue weighted by molar-refractivity contribution is 0.180. The monoisotopic (exact) mass is 268 g/mol. The Kier molecular flexibility index (Phi) is 4.75. The summed E-state index contributed by atoms with van der Waals surface area (Å²) in [6.07, 6.45) is 1.23. The molecule has 1 aromatic heterocycles. The van der Waals surface area contributed by atoms with Crippen LogP contribution in [0.15, 0.2) is 11.4 Å². The zero-order chi connectivity index (χ0) is 13.1. The molecule has 1 aliphatic rings. The summed E-state index contributed by atoms with van der Waals surface area (Å²) < 4.78 is 0. The maximum absolute atomic E-state index is 5.83. The van der Waals surface area contributed by atoms with Gasteiger partial charge in [0.1, 0.15) is 0 Å². The predicted molar refractivity (Wildman–Crippen MR) is 77.7 cm³/mol. The molecule has 2 unspecified atom stereocenters. The Morgan fingerprint density at radius 2 is 2.22 bits per heavy atom. The lowest BCUT2D eigenvalue weighted by Gasteiger charge is -2.34. The average Bonchev–Trinajstić information content (AvgIpc) is 2.67. The van der Waals surface area contributed by atoms with Crippen LogP contribution < -0.4 is 11.3 Å². The van der Waals surface area contributed by atoms with E-state index in [4.69, 9.17) is 5.84 Å². The zero-order valence-electron chi connectivity index (χ0n) is 11.5. The van der Waals surface area contributed by atoms with Gasteiger partial charge in [-0.1, -0.05) is 0 Å². The molecule has 3 N–H and O–H groups in total. The summed E-state index contributed by atoms with van der Waals surface area (Å²) in [5, 5.41) is 2.15. The molecule has 0 radical (unpaired) electrons. The largest absolute Gasteiger partial charge is 0.305 e. The first-order valence-corrected chi connectivity index (χ1v) is 7.40. The molecule has 1 fully saturated rings. The molecule has 1 saturated heterocycles. The lowest BCUT2D eigenvalue weighted by atomic mass is 10.0. The number of nitrogens with zero attached hydrogens (tertiary/aromatic N) is 2. The van der Waals surface area contributed by atoms with Crippen molar-refractivity contribution < 1.29 is 0 Å². The molecule has 1 aromatic rings. The van der Waals surface area contributed by atoms with Crippen LogP contribution in [0.2, 0.25) is 0 Å². The summed E-state index contributed by atoms with van der Waals surface area (Å²) in [5.74, 6) is 5.83. The first kappa shape index (κ1) is 14.0. The molecule has 2 rings (SSSR count). The van der Waals surface area contributed by atoms with E-state index in [0.717, 1.165) is 13.1 Å². The molecule has 1 aliphatic heterocycles. The maximum Gasteiger partial charge on any atom is 0.0723 e. The van der Waals surface area contributed by atoms with Gasteiger partial charge in [-0.2, -0.15) is 0 Å². The van der Waals surface area contributed by atoms with Gasteiger partial charge in [0.15, 0.2) is 0 Å². The van der Waals surface area contributed by atoms with E-state index < -0.39 is 0 Å². The fourth-order valence-electron chi connectivity index (χ4n) is 2.73. The third-order valence-electron chi connectivity index (χ3n) is 3.86. The van der Waals surface area contributed by atoms with E-state index >= 15 is 0 Å². The lowest BCUT2D eigenvalue weighted by Crippen LogP contribution is -2.48. The number of hydrogen-bond donors (Lipinski definition) is 2. The molecular weight excluding hydrogens is 244 g/mol. The van der Waals surface area contributed by atoms with Crippen LogP contribution in [0.4, 0.5) is 0 Å². The average molecular weight is 268 g/mol. The summed E-state index contributed by atoms with van der Waals surface area (Å²) in [7, 11) is 4.40. The number of hydrazine groups is 1. The molecule has 0 aliphatic carbocycles. The second kappa shape index (κ2) is 6.12. The first-order chi connectivity index (χ1) is 8.63. The van der Waals surface area contributed by atoms with E-state index in [2.05, 4.69) is 47.7 Å². The van der Waals surface area contributed by atoms with Gasteiger partial charge in [-0.15, -0.1) is 11.3 Å². The van der Waals surface area contributed by atoms with Crippen molar-refractivity contribution in [2.45, 2.75) is 25.4 Å². The topological polar surface area (TPSA) is 44.5 Å². The highest BCUT2D eigenvalue weighted by molar-refractivity contribution is 7.10. The molecule has 2 atom stereocenters. The molecular formula is C13H24N4S.